The molecule has 0 nitrogen and oxygen atoms in total. The number of rotatable bonds is 1. The molecule has 0 aromatic heterocycles. The summed E-state index contributed by atoms with van der Waals surface area (Å²) in [6, 6.07) is 3.66. The highest BCUT2D eigenvalue weighted by atomic mass is 79.9. The van der Waals surface area contributed by atoms with Crippen LogP contribution in [0.25, 0.3) is 0 Å². The van der Waals surface area contributed by atoms with Crippen molar-refractivity contribution in [1.82, 2.24) is 0 Å². The van der Waals surface area contributed by atoms with Crippen LogP contribution < -0.4 is 5.46 Å². The van der Waals surface area contributed by atoms with Crippen LogP contribution in [0.5, 0.6) is 0 Å². The fourth-order valence-corrected chi connectivity index (χ4v) is 1.21. The van der Waals surface area contributed by atoms with Crippen molar-refractivity contribution < 1.29 is 12.9 Å². The van der Waals surface area contributed by atoms with Crippen LogP contribution in [0, 0.1) is 6.92 Å². The first-order chi connectivity index (χ1) is 5.41. The first-order valence-electron chi connectivity index (χ1n) is 3.37. The van der Waals surface area contributed by atoms with Gasteiger partial charge >= 0.3 is 6.98 Å². The molecule has 1 aromatic carbocycles. The Morgan fingerprint density at radius 2 is 1.83 bits per heavy atom. The smallest absolute Gasteiger partial charge is 0.445 e. The van der Waals surface area contributed by atoms with Gasteiger partial charge < -0.3 is 12.9 Å². The molecule has 1 aromatic rings. The topological polar surface area (TPSA) is 0 Å². The van der Waals surface area contributed by atoms with E-state index in [0.717, 1.165) is 17.7 Å². The Morgan fingerprint density at radius 3 is 2.25 bits per heavy atom. The second-order valence-electron chi connectivity index (χ2n) is 2.58. The predicted molar refractivity (Wildman–Crippen MR) is 47.6 cm³/mol. The Hall–Kier alpha value is -0.445. The molecule has 0 N–H and O–H groups in total. The van der Waals surface area contributed by atoms with Gasteiger partial charge in [0, 0.05) is 4.47 Å². The lowest BCUT2D eigenvalue weighted by molar-refractivity contribution is 0.501. The van der Waals surface area contributed by atoms with Crippen molar-refractivity contribution in [1.29, 1.82) is 0 Å². The number of hydrogen-bond acceptors (Lipinski definition) is 0. The van der Waals surface area contributed by atoms with E-state index in [9.17, 15) is 12.9 Å². The zero-order valence-corrected chi connectivity index (χ0v) is 7.91. The Labute approximate surface area is 77.0 Å². The molecular formula is C7H6BBrF3-. The standard InChI is InChI=1S/C7H6BBrF3/c1-5-2-3-6(4-7(5)9)8(10,11)12/h2-4H,1H3/q-1. The van der Waals surface area contributed by atoms with Gasteiger partial charge in [-0.25, -0.2) is 0 Å². The number of halogens is 4. The van der Waals surface area contributed by atoms with Crippen LogP contribution in [-0.2, 0) is 0 Å². The minimum atomic E-state index is -4.87. The maximum atomic E-state index is 12.1. The first-order valence-corrected chi connectivity index (χ1v) is 4.16. The van der Waals surface area contributed by atoms with Gasteiger partial charge in [-0.15, -0.1) is 5.46 Å². The number of benzene rings is 1. The summed E-state index contributed by atoms with van der Waals surface area (Å²) in [5, 5.41) is 0. The molecule has 0 saturated carbocycles. The maximum Gasteiger partial charge on any atom is 0.509 e. The molecule has 0 spiro atoms. The van der Waals surface area contributed by atoms with Gasteiger partial charge in [0.05, 0.1) is 0 Å². The minimum absolute atomic E-state index is 0.499. The second kappa shape index (κ2) is 3.13. The van der Waals surface area contributed by atoms with Crippen LogP contribution in [0.1, 0.15) is 5.56 Å². The van der Waals surface area contributed by atoms with E-state index >= 15 is 0 Å². The second-order valence-corrected chi connectivity index (χ2v) is 3.44. The van der Waals surface area contributed by atoms with Gasteiger partial charge in [-0.1, -0.05) is 34.1 Å². The van der Waals surface area contributed by atoms with E-state index in [0.29, 0.717) is 4.47 Å². The van der Waals surface area contributed by atoms with Crippen LogP contribution in [0.15, 0.2) is 22.7 Å². The van der Waals surface area contributed by atoms with Gasteiger partial charge in [-0.05, 0) is 12.5 Å². The van der Waals surface area contributed by atoms with Crippen molar-refractivity contribution in [2.45, 2.75) is 6.92 Å². The summed E-state index contributed by atoms with van der Waals surface area (Å²) in [6.07, 6.45) is 0. The molecule has 0 aliphatic carbocycles. The monoisotopic (exact) mass is 237 g/mol. The van der Waals surface area contributed by atoms with Crippen LogP contribution in [0.3, 0.4) is 0 Å². The summed E-state index contributed by atoms with van der Waals surface area (Å²) >= 11 is 3.05. The van der Waals surface area contributed by atoms with Gasteiger partial charge in [-0.2, -0.15) is 0 Å². The van der Waals surface area contributed by atoms with Crippen molar-refractivity contribution >= 4 is 28.4 Å². The minimum Gasteiger partial charge on any atom is -0.445 e. The molecule has 0 fully saturated rings. The third-order valence-electron chi connectivity index (χ3n) is 1.57. The van der Waals surface area contributed by atoms with E-state index in [-0.39, 0.29) is 0 Å². The molecule has 1 rings (SSSR count). The molecular weight excluding hydrogens is 232 g/mol. The largest absolute Gasteiger partial charge is 0.509 e. The van der Waals surface area contributed by atoms with E-state index in [1.165, 1.54) is 6.07 Å². The molecule has 0 bridgehead atoms. The molecule has 0 aliphatic heterocycles. The molecule has 0 unspecified atom stereocenters. The first kappa shape index (κ1) is 9.64. The molecule has 0 amide bonds. The van der Waals surface area contributed by atoms with Gasteiger partial charge in [0.2, 0.25) is 0 Å². The Kier molecular flexibility index (Phi) is 2.51. The quantitative estimate of drug-likeness (QED) is 0.659. The molecule has 0 saturated heterocycles. The molecule has 5 heteroatoms. The predicted octanol–water partition coefficient (Wildman–Crippen LogP) is 2.81. The Bertz CT molecular complexity index is 295. The average molecular weight is 238 g/mol. The summed E-state index contributed by atoms with van der Waals surface area (Å²) in [5.74, 6) is 0. The van der Waals surface area contributed by atoms with Gasteiger partial charge in [0.1, 0.15) is 0 Å². The zero-order valence-electron chi connectivity index (χ0n) is 6.32. The van der Waals surface area contributed by atoms with E-state index in [1.807, 2.05) is 0 Å². The van der Waals surface area contributed by atoms with Crippen LogP contribution >= 0.6 is 15.9 Å². The van der Waals surface area contributed by atoms with E-state index in [4.69, 9.17) is 0 Å². The van der Waals surface area contributed by atoms with E-state index < -0.39 is 12.4 Å². The molecule has 0 heterocycles. The third kappa shape index (κ3) is 2.03. The number of aryl methyl sites for hydroxylation is 1. The lowest BCUT2D eigenvalue weighted by Crippen LogP contribution is -2.33. The van der Waals surface area contributed by atoms with Crippen molar-refractivity contribution in [3.05, 3.63) is 28.2 Å². The van der Waals surface area contributed by atoms with Crippen LogP contribution in [0.4, 0.5) is 12.9 Å². The highest BCUT2D eigenvalue weighted by Crippen LogP contribution is 2.17. The van der Waals surface area contributed by atoms with Crippen LogP contribution in [-0.4, -0.2) is 6.98 Å². The summed E-state index contributed by atoms with van der Waals surface area (Å²) < 4.78 is 36.9. The fourth-order valence-electron chi connectivity index (χ4n) is 0.813. The van der Waals surface area contributed by atoms with Gasteiger partial charge in [0.15, 0.2) is 0 Å². The summed E-state index contributed by atoms with van der Waals surface area (Å²) in [5.41, 5.74) is 0.242. The van der Waals surface area contributed by atoms with Gasteiger partial charge in [0.25, 0.3) is 0 Å². The highest BCUT2D eigenvalue weighted by molar-refractivity contribution is 9.10. The summed E-state index contributed by atoms with van der Waals surface area (Å²) in [6.45, 7) is -3.12. The zero-order chi connectivity index (χ0) is 9.35. The van der Waals surface area contributed by atoms with E-state index in [2.05, 4.69) is 15.9 Å². The summed E-state index contributed by atoms with van der Waals surface area (Å²) in [4.78, 5) is 0. The average Bonchev–Trinajstić information content (AvgIpc) is 1.92. The van der Waals surface area contributed by atoms with Crippen molar-refractivity contribution in [2.75, 3.05) is 0 Å². The molecule has 66 valence electrons. The number of hydrogen-bond donors (Lipinski definition) is 0. The fraction of sp³-hybridized carbons (Fsp3) is 0.143. The highest BCUT2D eigenvalue weighted by Gasteiger charge is 2.25. The molecule has 0 atom stereocenters. The molecule has 12 heavy (non-hydrogen) atoms. The molecule has 0 aliphatic rings. The van der Waals surface area contributed by atoms with Crippen molar-refractivity contribution in [3.63, 3.8) is 0 Å². The van der Waals surface area contributed by atoms with Crippen LogP contribution in [0.2, 0.25) is 0 Å². The summed E-state index contributed by atoms with van der Waals surface area (Å²) in [7, 11) is 0. The van der Waals surface area contributed by atoms with Crippen molar-refractivity contribution in [3.8, 4) is 0 Å². The normalized spacial score (nSPS) is 11.8. The van der Waals surface area contributed by atoms with Crippen molar-refractivity contribution in [2.24, 2.45) is 0 Å². The lowest BCUT2D eigenvalue weighted by atomic mass is 9.80. The molecule has 0 radical (unpaired) electrons. The van der Waals surface area contributed by atoms with Gasteiger partial charge in [-0.3, -0.25) is 0 Å². The Balaban J connectivity index is 3.14. The lowest BCUT2D eigenvalue weighted by Gasteiger charge is -2.15. The third-order valence-corrected chi connectivity index (χ3v) is 2.43. The SMILES string of the molecule is Cc1ccc([B-](F)(F)F)cc1Br. The Morgan fingerprint density at radius 1 is 1.25 bits per heavy atom. The maximum absolute atomic E-state index is 12.1. The van der Waals surface area contributed by atoms with E-state index in [1.54, 1.807) is 6.92 Å².